The van der Waals surface area contributed by atoms with E-state index in [1.165, 1.54) is 0 Å². The van der Waals surface area contributed by atoms with Crippen LogP contribution >= 0.6 is 0 Å². The maximum atomic E-state index is 11.9. The molecule has 0 spiro atoms. The molecule has 0 saturated heterocycles. The van der Waals surface area contributed by atoms with Gasteiger partial charge in [0.05, 0.1) is 25.7 Å². The molecule has 18 heavy (non-hydrogen) atoms. The van der Waals surface area contributed by atoms with Crippen LogP contribution in [0.5, 0.6) is 0 Å². The summed E-state index contributed by atoms with van der Waals surface area (Å²) in [4.78, 5) is 0. The summed E-state index contributed by atoms with van der Waals surface area (Å²) < 4.78 is 40.6. The molecule has 2 nitrogen and oxygen atoms in total. The zero-order chi connectivity index (χ0) is 13.8. The number of halogens is 3. The average Bonchev–Trinajstić information content (AvgIpc) is 2.26. The number of ether oxygens (including phenoxy) is 1. The van der Waals surface area contributed by atoms with E-state index < -0.39 is 18.6 Å². The Hall–Kier alpha value is -1.07. The molecule has 0 aromatic heterocycles. The molecule has 0 aliphatic carbocycles. The summed E-state index contributed by atoms with van der Waals surface area (Å²) in [6.45, 7) is 3.71. The van der Waals surface area contributed by atoms with Crippen LogP contribution in [0.4, 0.5) is 13.2 Å². The lowest BCUT2D eigenvalue weighted by Crippen LogP contribution is -2.19. The fraction of sp³-hybridized carbons (Fsp3) is 0.538. The molecule has 1 aromatic rings. The third-order valence-electron chi connectivity index (χ3n) is 2.79. The molecule has 0 aliphatic rings. The first kappa shape index (κ1) is 15.0. The Bertz CT molecular complexity index is 390. The maximum absolute atomic E-state index is 11.9. The van der Waals surface area contributed by atoms with Gasteiger partial charge in [0.25, 0.3) is 0 Å². The molecule has 0 saturated carbocycles. The predicted molar refractivity (Wildman–Crippen MR) is 64.3 cm³/mol. The van der Waals surface area contributed by atoms with Crippen LogP contribution in [0.15, 0.2) is 18.2 Å². The lowest BCUT2D eigenvalue weighted by Gasteiger charge is -2.14. The summed E-state index contributed by atoms with van der Waals surface area (Å²) >= 11 is 0. The molecule has 0 amide bonds. The van der Waals surface area contributed by atoms with E-state index in [1.54, 1.807) is 0 Å². The van der Waals surface area contributed by atoms with E-state index in [-0.39, 0.29) is 13.2 Å². The van der Waals surface area contributed by atoms with Gasteiger partial charge in [-0.3, -0.25) is 0 Å². The second-order valence-electron chi connectivity index (χ2n) is 4.39. The number of benzene rings is 1. The number of hydrogen-bond acceptors (Lipinski definition) is 2. The summed E-state index contributed by atoms with van der Waals surface area (Å²) in [5.41, 5.74) is 9.00. The Morgan fingerprint density at radius 1 is 1.22 bits per heavy atom. The van der Waals surface area contributed by atoms with Crippen LogP contribution in [0.3, 0.4) is 0 Å². The Morgan fingerprint density at radius 3 is 2.44 bits per heavy atom. The zero-order valence-electron chi connectivity index (χ0n) is 10.6. The lowest BCUT2D eigenvalue weighted by molar-refractivity contribution is -0.145. The Balaban J connectivity index is 2.41. The van der Waals surface area contributed by atoms with Crippen molar-refractivity contribution < 1.29 is 17.9 Å². The molecule has 1 atom stereocenters. The summed E-state index contributed by atoms with van der Waals surface area (Å²) in [7, 11) is 0. The first-order valence-corrected chi connectivity index (χ1v) is 5.77. The van der Waals surface area contributed by atoms with Crippen LogP contribution in [0, 0.1) is 13.8 Å². The van der Waals surface area contributed by atoms with Crippen LogP contribution in [-0.4, -0.2) is 19.4 Å². The zero-order valence-corrected chi connectivity index (χ0v) is 10.6. The first-order chi connectivity index (χ1) is 8.29. The number of nitrogens with two attached hydrogens (primary N) is 1. The van der Waals surface area contributed by atoms with Crippen LogP contribution in [0.2, 0.25) is 0 Å². The Labute approximate surface area is 105 Å². The van der Waals surface area contributed by atoms with Crippen LogP contribution in [0.25, 0.3) is 0 Å². The molecule has 1 unspecified atom stereocenters. The van der Waals surface area contributed by atoms with Gasteiger partial charge in [0.2, 0.25) is 0 Å². The second kappa shape index (κ2) is 6.20. The van der Waals surface area contributed by atoms with E-state index in [2.05, 4.69) is 0 Å². The van der Waals surface area contributed by atoms with Crippen molar-refractivity contribution in [1.29, 1.82) is 0 Å². The molecule has 5 heteroatoms. The SMILES string of the molecule is Cc1ccc(C(N)COCCC(F)(F)F)cc1C. The monoisotopic (exact) mass is 261 g/mol. The van der Waals surface area contributed by atoms with Crippen molar-refractivity contribution in [2.24, 2.45) is 5.73 Å². The second-order valence-corrected chi connectivity index (χ2v) is 4.39. The number of hydrogen-bond donors (Lipinski definition) is 1. The van der Waals surface area contributed by atoms with Crippen molar-refractivity contribution in [3.05, 3.63) is 34.9 Å². The van der Waals surface area contributed by atoms with Crippen molar-refractivity contribution in [3.8, 4) is 0 Å². The highest BCUT2D eigenvalue weighted by molar-refractivity contribution is 5.31. The third-order valence-corrected chi connectivity index (χ3v) is 2.79. The van der Waals surface area contributed by atoms with Crippen molar-refractivity contribution in [2.75, 3.05) is 13.2 Å². The number of aryl methyl sites for hydroxylation is 2. The molecule has 0 radical (unpaired) electrons. The van der Waals surface area contributed by atoms with Gasteiger partial charge < -0.3 is 10.5 Å². The van der Waals surface area contributed by atoms with Gasteiger partial charge in [0.1, 0.15) is 0 Å². The van der Waals surface area contributed by atoms with Gasteiger partial charge >= 0.3 is 6.18 Å². The summed E-state index contributed by atoms with van der Waals surface area (Å²) in [5, 5.41) is 0. The van der Waals surface area contributed by atoms with Gasteiger partial charge in [-0.15, -0.1) is 0 Å². The quantitative estimate of drug-likeness (QED) is 0.826. The maximum Gasteiger partial charge on any atom is 0.391 e. The van der Waals surface area contributed by atoms with Crippen molar-refractivity contribution >= 4 is 0 Å². The van der Waals surface area contributed by atoms with E-state index in [4.69, 9.17) is 10.5 Å². The van der Waals surface area contributed by atoms with Crippen LogP contribution in [0.1, 0.15) is 29.2 Å². The smallest absolute Gasteiger partial charge is 0.379 e. The number of rotatable bonds is 5. The van der Waals surface area contributed by atoms with Gasteiger partial charge in [-0.2, -0.15) is 13.2 Å². The molecule has 0 heterocycles. The highest BCUT2D eigenvalue weighted by Gasteiger charge is 2.26. The molecule has 0 fully saturated rings. The van der Waals surface area contributed by atoms with E-state index in [0.29, 0.717) is 0 Å². The lowest BCUT2D eigenvalue weighted by atomic mass is 10.0. The Kier molecular flexibility index (Phi) is 5.16. The van der Waals surface area contributed by atoms with Crippen LogP contribution < -0.4 is 5.73 Å². The number of alkyl halides is 3. The molecule has 1 aromatic carbocycles. The largest absolute Gasteiger partial charge is 0.391 e. The topological polar surface area (TPSA) is 35.2 Å². The Morgan fingerprint density at radius 2 is 1.89 bits per heavy atom. The van der Waals surface area contributed by atoms with Gasteiger partial charge in [-0.1, -0.05) is 18.2 Å². The molecular weight excluding hydrogens is 243 g/mol. The minimum atomic E-state index is -4.18. The van der Waals surface area contributed by atoms with Gasteiger partial charge in [0.15, 0.2) is 0 Å². The molecule has 0 bridgehead atoms. The molecule has 1 rings (SSSR count). The molecule has 0 aliphatic heterocycles. The third kappa shape index (κ3) is 5.06. The minimum absolute atomic E-state index is 0.0958. The molecule has 102 valence electrons. The first-order valence-electron chi connectivity index (χ1n) is 5.77. The van der Waals surface area contributed by atoms with E-state index >= 15 is 0 Å². The fourth-order valence-corrected chi connectivity index (χ4v) is 1.49. The average molecular weight is 261 g/mol. The van der Waals surface area contributed by atoms with Gasteiger partial charge in [0, 0.05) is 0 Å². The highest BCUT2D eigenvalue weighted by Crippen LogP contribution is 2.20. The predicted octanol–water partition coefficient (Wildman–Crippen LogP) is 3.27. The van der Waals surface area contributed by atoms with E-state index in [0.717, 1.165) is 16.7 Å². The summed E-state index contributed by atoms with van der Waals surface area (Å²) in [6.07, 6.45) is -5.11. The fourth-order valence-electron chi connectivity index (χ4n) is 1.49. The standard InChI is InChI=1S/C13H18F3NO/c1-9-3-4-11(7-10(9)2)12(17)8-18-6-5-13(14,15)16/h3-4,7,12H,5-6,8,17H2,1-2H3. The summed E-state index contributed by atoms with van der Waals surface area (Å²) in [6, 6.07) is 5.37. The van der Waals surface area contributed by atoms with Gasteiger partial charge in [-0.05, 0) is 30.5 Å². The van der Waals surface area contributed by atoms with Crippen molar-refractivity contribution in [1.82, 2.24) is 0 Å². The van der Waals surface area contributed by atoms with E-state index in [9.17, 15) is 13.2 Å². The molecule has 2 N–H and O–H groups in total. The van der Waals surface area contributed by atoms with Gasteiger partial charge in [-0.25, -0.2) is 0 Å². The van der Waals surface area contributed by atoms with Crippen molar-refractivity contribution in [3.63, 3.8) is 0 Å². The minimum Gasteiger partial charge on any atom is -0.379 e. The molecular formula is C13H18F3NO. The highest BCUT2D eigenvalue weighted by atomic mass is 19.4. The van der Waals surface area contributed by atoms with E-state index in [1.807, 2.05) is 32.0 Å². The normalized spacial score (nSPS) is 13.7. The summed E-state index contributed by atoms with van der Waals surface area (Å²) in [5.74, 6) is 0. The van der Waals surface area contributed by atoms with Crippen LogP contribution in [-0.2, 0) is 4.74 Å². The van der Waals surface area contributed by atoms with Crippen molar-refractivity contribution in [2.45, 2.75) is 32.5 Å².